The van der Waals surface area contributed by atoms with Crippen LogP contribution in [-0.4, -0.2) is 19.1 Å². The number of para-hydroxylation sites is 3. The second-order valence-corrected chi connectivity index (χ2v) is 16.6. The van der Waals surface area contributed by atoms with Crippen LogP contribution in [0, 0.1) is 0 Å². The van der Waals surface area contributed by atoms with Crippen LogP contribution in [0.3, 0.4) is 0 Å². The molecule has 5 aromatic heterocycles. The molecule has 4 nitrogen and oxygen atoms in total. The molecule has 0 fully saturated rings. The first-order chi connectivity index (χ1) is 27.8. The Morgan fingerprint density at radius 2 is 0.982 bits per heavy atom. The number of benzene rings is 8. The predicted molar refractivity (Wildman–Crippen MR) is 239 cm³/mol. The first-order valence-electron chi connectivity index (χ1n) is 18.8. The van der Waals surface area contributed by atoms with Crippen molar-refractivity contribution in [1.29, 1.82) is 0 Å². The highest BCUT2D eigenvalue weighted by Gasteiger charge is 2.25. The Kier molecular flexibility index (Phi) is 6.17. The normalized spacial score (nSPS) is 12.3. The van der Waals surface area contributed by atoms with Gasteiger partial charge in [-0.2, -0.15) is 0 Å². The van der Waals surface area contributed by atoms with E-state index in [9.17, 15) is 0 Å². The van der Waals surface area contributed by atoms with Crippen molar-refractivity contribution in [3.63, 3.8) is 0 Å². The van der Waals surface area contributed by atoms with E-state index in [0.717, 1.165) is 44.1 Å². The van der Waals surface area contributed by atoms with E-state index < -0.39 is 0 Å². The summed E-state index contributed by atoms with van der Waals surface area (Å²) in [6, 6.07) is 61.4. The van der Waals surface area contributed by atoms with Crippen molar-refractivity contribution in [3.8, 4) is 22.9 Å². The van der Waals surface area contributed by atoms with Crippen molar-refractivity contribution in [2.24, 2.45) is 0 Å². The van der Waals surface area contributed by atoms with Crippen LogP contribution in [0.1, 0.15) is 0 Å². The Morgan fingerprint density at radius 1 is 0.393 bits per heavy atom. The number of hydrogen-bond acceptors (Lipinski definition) is 4. The second kappa shape index (κ2) is 11.3. The first-order valence-corrected chi connectivity index (χ1v) is 20.5. The van der Waals surface area contributed by atoms with Gasteiger partial charge in [-0.1, -0.05) is 115 Å². The van der Waals surface area contributed by atoms with Crippen LogP contribution < -0.4 is 0 Å². The summed E-state index contributed by atoms with van der Waals surface area (Å²) in [5.74, 6) is 1.62. The summed E-state index contributed by atoms with van der Waals surface area (Å²) in [6.45, 7) is 0. The fraction of sp³-hybridized carbons (Fsp3) is 0. The van der Waals surface area contributed by atoms with Crippen molar-refractivity contribution in [2.75, 3.05) is 0 Å². The number of fused-ring (bicyclic) bond motifs is 16. The molecule has 0 unspecified atom stereocenters. The molecule has 0 aliphatic carbocycles. The number of rotatable bonds is 3. The maximum absolute atomic E-state index is 5.68. The van der Waals surface area contributed by atoms with Crippen LogP contribution in [-0.2, 0) is 0 Å². The number of thiophene rings is 2. The van der Waals surface area contributed by atoms with Gasteiger partial charge in [0.25, 0.3) is 0 Å². The molecule has 13 aromatic rings. The van der Waals surface area contributed by atoms with Gasteiger partial charge < -0.3 is 4.57 Å². The molecule has 0 amide bonds. The van der Waals surface area contributed by atoms with E-state index in [0.29, 0.717) is 0 Å². The topological polar surface area (TPSA) is 35.6 Å². The zero-order valence-corrected chi connectivity index (χ0v) is 31.4. The van der Waals surface area contributed by atoms with Crippen LogP contribution in [0.5, 0.6) is 0 Å². The van der Waals surface area contributed by atoms with Crippen molar-refractivity contribution < 1.29 is 0 Å². The molecule has 0 spiro atoms. The van der Waals surface area contributed by atoms with Crippen LogP contribution in [0.25, 0.3) is 118 Å². The monoisotopic (exact) mass is 748 g/mol. The summed E-state index contributed by atoms with van der Waals surface area (Å²) in [5.41, 5.74) is 6.79. The van der Waals surface area contributed by atoms with E-state index in [-0.39, 0.29) is 0 Å². The molecular formula is C50H28N4S2. The van der Waals surface area contributed by atoms with Crippen LogP contribution >= 0.6 is 22.7 Å². The van der Waals surface area contributed by atoms with Gasteiger partial charge in [0, 0.05) is 73.8 Å². The summed E-state index contributed by atoms with van der Waals surface area (Å²) in [4.78, 5) is 12.1. The number of nitrogens with zero attached hydrogens (tertiary/aromatic N) is 4. The van der Waals surface area contributed by atoms with Gasteiger partial charge in [0.05, 0.1) is 27.5 Å². The van der Waals surface area contributed by atoms with E-state index >= 15 is 0 Å². The third kappa shape index (κ3) is 4.06. The maximum atomic E-state index is 5.68. The lowest BCUT2D eigenvalue weighted by Gasteiger charge is -2.13. The summed E-state index contributed by atoms with van der Waals surface area (Å²) in [6.07, 6.45) is 0. The Hall–Kier alpha value is -6.86. The van der Waals surface area contributed by atoms with Crippen molar-refractivity contribution >= 4 is 118 Å². The molecular weight excluding hydrogens is 721 g/mol. The first kappa shape index (κ1) is 30.5. The lowest BCUT2D eigenvalue weighted by molar-refractivity contribution is 1.08. The summed E-state index contributed by atoms with van der Waals surface area (Å²) < 4.78 is 8.64. The quantitative estimate of drug-likeness (QED) is 0.180. The largest absolute Gasteiger partial charge is 0.309 e. The van der Waals surface area contributed by atoms with E-state index in [4.69, 9.17) is 9.97 Å². The molecule has 13 rings (SSSR count). The highest BCUT2D eigenvalue weighted by Crippen LogP contribution is 2.49. The molecule has 0 radical (unpaired) electrons. The minimum Gasteiger partial charge on any atom is -0.309 e. The van der Waals surface area contributed by atoms with Crippen LogP contribution in [0.2, 0.25) is 0 Å². The Morgan fingerprint density at radius 3 is 1.77 bits per heavy atom. The SMILES string of the molecule is c1ccc(-n2c3ccccc3c3cc(-c4nc(-n5c6ccccc6c6c7c8ccccc8sc7c7ccccc7c65)c5c(n4)sc4ccccc45)ccc32)cc1. The average molecular weight is 749 g/mol. The molecule has 5 heterocycles. The van der Waals surface area contributed by atoms with Gasteiger partial charge in [0.1, 0.15) is 4.83 Å². The van der Waals surface area contributed by atoms with E-state index in [1.165, 1.54) is 73.6 Å². The molecule has 6 heteroatoms. The average Bonchev–Trinajstić information content (AvgIpc) is 4.01. The molecule has 0 saturated heterocycles. The molecule has 260 valence electrons. The zero-order chi connectivity index (χ0) is 36.5. The van der Waals surface area contributed by atoms with Crippen molar-refractivity contribution in [1.82, 2.24) is 19.1 Å². The lowest BCUT2D eigenvalue weighted by Crippen LogP contribution is -2.02. The minimum atomic E-state index is 0.717. The number of aromatic nitrogens is 4. The van der Waals surface area contributed by atoms with Crippen LogP contribution in [0.15, 0.2) is 170 Å². The molecule has 0 aliphatic heterocycles. The molecule has 0 bridgehead atoms. The van der Waals surface area contributed by atoms with E-state index in [1.54, 1.807) is 11.3 Å². The Bertz CT molecular complexity index is 3770. The fourth-order valence-electron chi connectivity index (χ4n) is 9.20. The van der Waals surface area contributed by atoms with Gasteiger partial charge in [0.2, 0.25) is 0 Å². The minimum absolute atomic E-state index is 0.717. The van der Waals surface area contributed by atoms with Gasteiger partial charge in [0.15, 0.2) is 11.6 Å². The van der Waals surface area contributed by atoms with Gasteiger partial charge >= 0.3 is 0 Å². The maximum Gasteiger partial charge on any atom is 0.163 e. The second-order valence-electron chi connectivity index (χ2n) is 14.5. The third-order valence-electron chi connectivity index (χ3n) is 11.5. The molecule has 8 aromatic carbocycles. The molecule has 0 saturated carbocycles. The molecule has 0 atom stereocenters. The van der Waals surface area contributed by atoms with Gasteiger partial charge in [-0.15, -0.1) is 22.7 Å². The predicted octanol–water partition coefficient (Wildman–Crippen LogP) is 14.2. The van der Waals surface area contributed by atoms with Gasteiger partial charge in [-0.05, 0) is 54.6 Å². The number of hydrogen-bond donors (Lipinski definition) is 0. The Labute approximate surface area is 327 Å². The van der Waals surface area contributed by atoms with Gasteiger partial charge in [-0.3, -0.25) is 4.57 Å². The lowest BCUT2D eigenvalue weighted by atomic mass is 10.00. The van der Waals surface area contributed by atoms with Crippen LogP contribution in [0.4, 0.5) is 0 Å². The van der Waals surface area contributed by atoms with E-state index in [2.05, 4.69) is 179 Å². The third-order valence-corrected chi connectivity index (χ3v) is 13.8. The van der Waals surface area contributed by atoms with Gasteiger partial charge in [-0.25, -0.2) is 9.97 Å². The highest BCUT2D eigenvalue weighted by molar-refractivity contribution is 7.27. The highest BCUT2D eigenvalue weighted by atomic mass is 32.1. The fourth-order valence-corrected chi connectivity index (χ4v) is 11.5. The Balaban J connectivity index is 1.18. The smallest absolute Gasteiger partial charge is 0.163 e. The summed E-state index contributed by atoms with van der Waals surface area (Å²) in [5, 5.41) is 12.2. The molecule has 0 aliphatic rings. The summed E-state index contributed by atoms with van der Waals surface area (Å²) >= 11 is 3.63. The van der Waals surface area contributed by atoms with Crippen molar-refractivity contribution in [2.45, 2.75) is 0 Å². The molecule has 56 heavy (non-hydrogen) atoms. The molecule has 0 N–H and O–H groups in total. The standard InChI is InChI=1S/C50H28N4S2/c1-2-14-30(15-3-1)53-38-22-10-6-16-31(38)37-28-29(26-27-40(37)53)48-51-49(45-36-21-9-13-25-42(36)56-50(45)52-48)54-39-23-11-7-19-34(39)43-44-35-20-8-12-24-41(35)55-47(44)33-18-5-4-17-32(33)46(43)54/h1-28H. The van der Waals surface area contributed by atoms with Crippen molar-refractivity contribution in [3.05, 3.63) is 170 Å². The summed E-state index contributed by atoms with van der Waals surface area (Å²) in [7, 11) is 0. The van der Waals surface area contributed by atoms with E-state index in [1.807, 2.05) is 11.3 Å². The zero-order valence-electron chi connectivity index (χ0n) is 29.8.